The molecular weight excluding hydrogens is 149 g/mol. The van der Waals surface area contributed by atoms with Gasteiger partial charge in [-0.25, -0.2) is 0 Å². The van der Waals surface area contributed by atoms with Gasteiger partial charge in [0.2, 0.25) is 0 Å². The minimum Gasteiger partial charge on any atom is -0.197 e. The minimum atomic E-state index is 0. The molecule has 1 aromatic heterocycles. The summed E-state index contributed by atoms with van der Waals surface area (Å²) >= 11 is 0. The number of rotatable bonds is 0. The van der Waals surface area contributed by atoms with Crippen molar-refractivity contribution in [3.05, 3.63) is 23.8 Å². The second-order valence-electron chi connectivity index (χ2n) is 2.27. The van der Waals surface area contributed by atoms with E-state index in [4.69, 9.17) is 0 Å². The molecule has 0 saturated carbocycles. The SMILES string of the molecule is Cc1cccc2n[nH]nc12.[Na]. The van der Waals surface area contributed by atoms with Crippen LogP contribution in [-0.2, 0) is 0 Å². The van der Waals surface area contributed by atoms with E-state index in [2.05, 4.69) is 15.4 Å². The molecule has 4 heteroatoms. The zero-order chi connectivity index (χ0) is 6.97. The number of hydrogen-bond acceptors (Lipinski definition) is 2. The molecule has 0 aliphatic heterocycles. The summed E-state index contributed by atoms with van der Waals surface area (Å²) < 4.78 is 0. The summed E-state index contributed by atoms with van der Waals surface area (Å²) in [6.45, 7) is 2.02. The average Bonchev–Trinajstić information content (AvgIpc) is 2.36. The molecule has 1 radical (unpaired) electrons. The van der Waals surface area contributed by atoms with Crippen LogP contribution in [0.1, 0.15) is 5.56 Å². The van der Waals surface area contributed by atoms with Crippen molar-refractivity contribution in [2.75, 3.05) is 0 Å². The Morgan fingerprint density at radius 1 is 1.27 bits per heavy atom. The Morgan fingerprint density at radius 3 is 2.82 bits per heavy atom. The Hall–Kier alpha value is -0.380. The molecule has 0 aliphatic rings. The van der Waals surface area contributed by atoms with Crippen LogP contribution in [0.15, 0.2) is 18.2 Å². The Balaban J connectivity index is 0.000000605. The van der Waals surface area contributed by atoms with Gasteiger partial charge in [0.25, 0.3) is 0 Å². The van der Waals surface area contributed by atoms with Crippen LogP contribution in [0.2, 0.25) is 0 Å². The van der Waals surface area contributed by atoms with Gasteiger partial charge < -0.3 is 0 Å². The fourth-order valence-electron chi connectivity index (χ4n) is 1.01. The smallest absolute Gasteiger partial charge is 0.115 e. The second-order valence-corrected chi connectivity index (χ2v) is 2.27. The number of aromatic nitrogens is 3. The van der Waals surface area contributed by atoms with Crippen molar-refractivity contribution in [2.45, 2.75) is 6.92 Å². The maximum Gasteiger partial charge on any atom is 0.115 e. The van der Waals surface area contributed by atoms with Gasteiger partial charge in [-0.3, -0.25) is 0 Å². The first kappa shape index (κ1) is 8.71. The number of para-hydroxylation sites is 1. The maximum absolute atomic E-state index is 3.98. The summed E-state index contributed by atoms with van der Waals surface area (Å²) in [6, 6.07) is 5.93. The average molecular weight is 156 g/mol. The molecule has 51 valence electrons. The van der Waals surface area contributed by atoms with Crippen molar-refractivity contribution in [3.8, 4) is 0 Å². The van der Waals surface area contributed by atoms with E-state index < -0.39 is 0 Å². The molecule has 0 atom stereocenters. The van der Waals surface area contributed by atoms with E-state index in [1.165, 1.54) is 0 Å². The topological polar surface area (TPSA) is 41.6 Å². The molecule has 0 fully saturated rings. The number of H-pyrrole nitrogens is 1. The molecule has 0 amide bonds. The summed E-state index contributed by atoms with van der Waals surface area (Å²) in [5, 5.41) is 10.5. The third-order valence-corrected chi connectivity index (χ3v) is 1.55. The van der Waals surface area contributed by atoms with E-state index in [-0.39, 0.29) is 29.6 Å². The molecule has 1 N–H and O–H groups in total. The van der Waals surface area contributed by atoms with E-state index in [9.17, 15) is 0 Å². The van der Waals surface area contributed by atoms with Crippen molar-refractivity contribution in [1.29, 1.82) is 0 Å². The van der Waals surface area contributed by atoms with Crippen molar-refractivity contribution in [3.63, 3.8) is 0 Å². The molecule has 11 heavy (non-hydrogen) atoms. The van der Waals surface area contributed by atoms with E-state index in [1.54, 1.807) is 0 Å². The molecule has 0 unspecified atom stereocenters. The number of aromatic amines is 1. The normalized spacial score (nSPS) is 9.55. The van der Waals surface area contributed by atoms with Gasteiger partial charge in [0, 0.05) is 29.6 Å². The fourth-order valence-corrected chi connectivity index (χ4v) is 1.01. The predicted octanol–water partition coefficient (Wildman–Crippen LogP) is 0.886. The largest absolute Gasteiger partial charge is 0.197 e. The molecule has 0 aliphatic carbocycles. The van der Waals surface area contributed by atoms with Gasteiger partial charge in [-0.15, -0.1) is 0 Å². The number of fused-ring (bicyclic) bond motifs is 1. The first-order valence-corrected chi connectivity index (χ1v) is 3.14. The Kier molecular flexibility index (Phi) is 2.65. The molecule has 1 heterocycles. The summed E-state index contributed by atoms with van der Waals surface area (Å²) in [6.07, 6.45) is 0. The zero-order valence-corrected chi connectivity index (χ0v) is 8.63. The van der Waals surface area contributed by atoms with E-state index >= 15 is 0 Å². The van der Waals surface area contributed by atoms with Crippen LogP contribution in [0, 0.1) is 6.92 Å². The summed E-state index contributed by atoms with van der Waals surface area (Å²) in [4.78, 5) is 0. The van der Waals surface area contributed by atoms with Gasteiger partial charge in [0.05, 0.1) is 0 Å². The van der Waals surface area contributed by atoms with Crippen LogP contribution in [-0.4, -0.2) is 45.0 Å². The molecule has 2 aromatic rings. The monoisotopic (exact) mass is 156 g/mol. The standard InChI is InChI=1S/C7H7N3.Na/c1-5-3-2-4-6-7(5)9-10-8-6;/h2-4H,1H3,(H,8,9,10);. The van der Waals surface area contributed by atoms with Crippen molar-refractivity contribution < 1.29 is 0 Å². The molecule has 1 aromatic carbocycles. The van der Waals surface area contributed by atoms with Crippen molar-refractivity contribution in [1.82, 2.24) is 15.4 Å². The fraction of sp³-hybridized carbons (Fsp3) is 0.143. The van der Waals surface area contributed by atoms with Crippen LogP contribution in [0.25, 0.3) is 11.0 Å². The summed E-state index contributed by atoms with van der Waals surface area (Å²) in [5.41, 5.74) is 3.05. The summed E-state index contributed by atoms with van der Waals surface area (Å²) in [5.74, 6) is 0. The first-order valence-electron chi connectivity index (χ1n) is 3.14. The second kappa shape index (κ2) is 3.34. The van der Waals surface area contributed by atoms with Gasteiger partial charge in [-0.05, 0) is 18.6 Å². The molecule has 0 saturated heterocycles. The van der Waals surface area contributed by atoms with Crippen LogP contribution >= 0.6 is 0 Å². The molecule has 0 spiro atoms. The van der Waals surface area contributed by atoms with Crippen LogP contribution in [0.4, 0.5) is 0 Å². The molecule has 3 nitrogen and oxygen atoms in total. The van der Waals surface area contributed by atoms with Gasteiger partial charge in [-0.2, -0.15) is 15.4 Å². The third kappa shape index (κ3) is 1.45. The number of hydrogen-bond donors (Lipinski definition) is 1. The molecular formula is C7H7N3Na. The quantitative estimate of drug-likeness (QED) is 0.575. The Bertz CT molecular complexity index is 355. The van der Waals surface area contributed by atoms with Gasteiger partial charge in [0.1, 0.15) is 11.0 Å². The molecule has 0 bridgehead atoms. The van der Waals surface area contributed by atoms with E-state index in [1.807, 2.05) is 25.1 Å². The number of nitrogens with zero attached hydrogens (tertiary/aromatic N) is 2. The Morgan fingerprint density at radius 2 is 2.09 bits per heavy atom. The number of aryl methyl sites for hydroxylation is 1. The minimum absolute atomic E-state index is 0. The summed E-state index contributed by atoms with van der Waals surface area (Å²) in [7, 11) is 0. The van der Waals surface area contributed by atoms with Gasteiger partial charge >= 0.3 is 0 Å². The van der Waals surface area contributed by atoms with Crippen LogP contribution < -0.4 is 0 Å². The maximum atomic E-state index is 3.98. The predicted molar refractivity (Wildman–Crippen MR) is 44.4 cm³/mol. The molecule has 2 rings (SSSR count). The van der Waals surface area contributed by atoms with Crippen LogP contribution in [0.5, 0.6) is 0 Å². The van der Waals surface area contributed by atoms with E-state index in [0.717, 1.165) is 16.6 Å². The van der Waals surface area contributed by atoms with E-state index in [0.29, 0.717) is 0 Å². The van der Waals surface area contributed by atoms with Gasteiger partial charge in [-0.1, -0.05) is 12.1 Å². The Labute approximate surface area is 86.5 Å². The number of benzene rings is 1. The van der Waals surface area contributed by atoms with Gasteiger partial charge in [0.15, 0.2) is 0 Å². The third-order valence-electron chi connectivity index (χ3n) is 1.55. The first-order chi connectivity index (χ1) is 4.88. The number of nitrogens with one attached hydrogen (secondary N) is 1. The van der Waals surface area contributed by atoms with Crippen molar-refractivity contribution >= 4 is 40.6 Å². The van der Waals surface area contributed by atoms with Crippen molar-refractivity contribution in [2.24, 2.45) is 0 Å². The zero-order valence-electron chi connectivity index (χ0n) is 6.63. The van der Waals surface area contributed by atoms with Crippen LogP contribution in [0.3, 0.4) is 0 Å².